The van der Waals surface area contributed by atoms with Crippen molar-refractivity contribution in [3.05, 3.63) is 59.0 Å². The van der Waals surface area contributed by atoms with Crippen LogP contribution in [0.15, 0.2) is 48.4 Å². The van der Waals surface area contributed by atoms with Gasteiger partial charge in [-0.05, 0) is 31.9 Å². The van der Waals surface area contributed by atoms with Crippen molar-refractivity contribution < 1.29 is 29.0 Å². The summed E-state index contributed by atoms with van der Waals surface area (Å²) < 4.78 is 11.1. The van der Waals surface area contributed by atoms with E-state index < -0.39 is 18.3 Å². The van der Waals surface area contributed by atoms with E-state index >= 15 is 0 Å². The number of carboxylic acid groups (broad SMARTS) is 1. The topological polar surface area (TPSA) is 105 Å². The molecule has 0 bridgehead atoms. The molecule has 3 rings (SSSR count). The number of hydrogen-bond donors (Lipinski definition) is 2. The molecule has 0 aliphatic carbocycles. The highest BCUT2D eigenvalue weighted by molar-refractivity contribution is 6.31. The van der Waals surface area contributed by atoms with E-state index in [0.29, 0.717) is 42.3 Å². The number of rotatable bonds is 6. The van der Waals surface area contributed by atoms with Crippen molar-refractivity contribution in [2.75, 3.05) is 13.1 Å². The number of amides is 2. The second kappa shape index (κ2) is 9.67. The van der Waals surface area contributed by atoms with Crippen molar-refractivity contribution in [2.45, 2.75) is 32.1 Å². The van der Waals surface area contributed by atoms with E-state index in [4.69, 9.17) is 26.2 Å². The molecule has 2 aliphatic heterocycles. The van der Waals surface area contributed by atoms with Gasteiger partial charge >= 0.3 is 5.97 Å². The molecular weight excluding hydrogens is 412 g/mol. The average Bonchev–Trinajstić information content (AvgIpc) is 3.21. The molecule has 0 saturated carbocycles. The quantitative estimate of drug-likeness (QED) is 0.667. The van der Waals surface area contributed by atoms with Gasteiger partial charge in [-0.1, -0.05) is 29.8 Å². The van der Waals surface area contributed by atoms with E-state index in [1.54, 1.807) is 17.0 Å². The van der Waals surface area contributed by atoms with Crippen LogP contribution < -0.4 is 5.32 Å². The zero-order chi connectivity index (χ0) is 21.7. The zero-order valence-corrected chi connectivity index (χ0v) is 17.2. The summed E-state index contributed by atoms with van der Waals surface area (Å²) in [7, 11) is 0. The lowest BCUT2D eigenvalue weighted by Crippen LogP contribution is -2.46. The summed E-state index contributed by atoms with van der Waals surface area (Å²) in [5.74, 6) is -1.46. The minimum Gasteiger partial charge on any atom is -0.480 e. The summed E-state index contributed by atoms with van der Waals surface area (Å²) >= 11 is 6.14. The molecule has 1 fully saturated rings. The maximum Gasteiger partial charge on any atom is 0.325 e. The Hall–Kier alpha value is -3.00. The van der Waals surface area contributed by atoms with Crippen LogP contribution in [0, 0.1) is 5.92 Å². The molecule has 9 heteroatoms. The van der Waals surface area contributed by atoms with Gasteiger partial charge in [0.25, 0.3) is 6.29 Å². The van der Waals surface area contributed by atoms with Gasteiger partial charge in [-0.2, -0.15) is 0 Å². The third-order valence-electron chi connectivity index (χ3n) is 5.01. The predicted molar refractivity (Wildman–Crippen MR) is 108 cm³/mol. The van der Waals surface area contributed by atoms with Gasteiger partial charge in [0.05, 0.1) is 10.6 Å². The maximum atomic E-state index is 12.4. The number of nitrogens with one attached hydrogen (secondary N) is 1. The summed E-state index contributed by atoms with van der Waals surface area (Å²) in [6.07, 6.45) is 4.67. The number of piperidine rings is 1. The summed E-state index contributed by atoms with van der Waals surface area (Å²) in [4.78, 5) is 37.0. The molecule has 2 N–H and O–H groups in total. The van der Waals surface area contributed by atoms with Gasteiger partial charge in [0, 0.05) is 25.1 Å². The highest BCUT2D eigenvalue weighted by Gasteiger charge is 2.28. The van der Waals surface area contributed by atoms with Crippen molar-refractivity contribution in [3.63, 3.8) is 0 Å². The fourth-order valence-electron chi connectivity index (χ4n) is 3.20. The number of carbonyl (C=O) groups excluding carboxylic acids is 2. The van der Waals surface area contributed by atoms with E-state index in [9.17, 15) is 14.4 Å². The third-order valence-corrected chi connectivity index (χ3v) is 5.35. The molecule has 2 amide bonds. The smallest absolute Gasteiger partial charge is 0.325 e. The lowest BCUT2D eigenvalue weighted by Gasteiger charge is -2.31. The normalized spacial score (nSPS) is 20.3. The lowest BCUT2D eigenvalue weighted by molar-refractivity contribution is -0.142. The number of ether oxygens (including phenoxy) is 2. The van der Waals surface area contributed by atoms with E-state index in [1.165, 1.54) is 25.3 Å². The van der Waals surface area contributed by atoms with Crippen LogP contribution in [0.5, 0.6) is 0 Å². The van der Waals surface area contributed by atoms with E-state index in [2.05, 4.69) is 5.32 Å². The fraction of sp³-hybridized carbons (Fsp3) is 0.381. The number of likely N-dealkylation sites (tertiary alicyclic amines) is 1. The van der Waals surface area contributed by atoms with Gasteiger partial charge in [-0.15, -0.1) is 0 Å². The number of benzene rings is 1. The Bertz CT molecular complexity index is 876. The van der Waals surface area contributed by atoms with E-state index in [1.807, 2.05) is 12.1 Å². The molecule has 2 aliphatic rings. The Labute approximate surface area is 179 Å². The Morgan fingerprint density at radius 3 is 2.63 bits per heavy atom. The van der Waals surface area contributed by atoms with Gasteiger partial charge in [0.2, 0.25) is 11.8 Å². The van der Waals surface area contributed by atoms with Crippen LogP contribution in [0.2, 0.25) is 5.02 Å². The average molecular weight is 435 g/mol. The maximum absolute atomic E-state index is 12.4. The Balaban J connectivity index is 1.46. The van der Waals surface area contributed by atoms with E-state index in [0.717, 1.165) is 0 Å². The second-order valence-electron chi connectivity index (χ2n) is 7.13. The molecule has 1 aromatic carbocycles. The summed E-state index contributed by atoms with van der Waals surface area (Å²) in [6.45, 7) is 2.26. The van der Waals surface area contributed by atoms with Gasteiger partial charge < -0.3 is 24.8 Å². The Kier molecular flexibility index (Phi) is 6.99. The minimum absolute atomic E-state index is 0.196. The van der Waals surface area contributed by atoms with Crippen molar-refractivity contribution in [1.82, 2.24) is 10.2 Å². The lowest BCUT2D eigenvalue weighted by atomic mass is 9.95. The first-order valence-corrected chi connectivity index (χ1v) is 10.00. The predicted octanol–water partition coefficient (Wildman–Crippen LogP) is 2.61. The fourth-order valence-corrected chi connectivity index (χ4v) is 3.43. The van der Waals surface area contributed by atoms with Gasteiger partial charge in [-0.25, -0.2) is 0 Å². The molecule has 2 unspecified atom stereocenters. The molecular formula is C21H23ClN2O6. The molecule has 2 heterocycles. The van der Waals surface area contributed by atoms with Crippen LogP contribution >= 0.6 is 11.6 Å². The van der Waals surface area contributed by atoms with Crippen LogP contribution in [0.4, 0.5) is 0 Å². The number of aliphatic carboxylic acids is 1. The van der Waals surface area contributed by atoms with Crippen LogP contribution in [0.25, 0.3) is 0 Å². The highest BCUT2D eigenvalue weighted by Crippen LogP contribution is 2.33. The zero-order valence-electron chi connectivity index (χ0n) is 16.4. The summed E-state index contributed by atoms with van der Waals surface area (Å²) in [5.41, 5.74) is 0.697. The monoisotopic (exact) mass is 434 g/mol. The van der Waals surface area contributed by atoms with Crippen LogP contribution in [0.1, 0.15) is 31.6 Å². The van der Waals surface area contributed by atoms with Crippen molar-refractivity contribution >= 4 is 29.4 Å². The Morgan fingerprint density at radius 1 is 1.27 bits per heavy atom. The molecule has 1 aromatic rings. The molecule has 1 saturated heterocycles. The van der Waals surface area contributed by atoms with E-state index in [-0.39, 0.29) is 17.7 Å². The van der Waals surface area contributed by atoms with Gasteiger partial charge in [-0.3, -0.25) is 14.4 Å². The largest absolute Gasteiger partial charge is 0.480 e. The molecule has 8 nitrogen and oxygen atoms in total. The van der Waals surface area contributed by atoms with Crippen molar-refractivity contribution in [3.8, 4) is 0 Å². The molecule has 0 aromatic heterocycles. The first-order valence-electron chi connectivity index (χ1n) is 9.62. The van der Waals surface area contributed by atoms with Gasteiger partial charge in [0.1, 0.15) is 12.3 Å². The first-order chi connectivity index (χ1) is 14.3. The molecule has 2 atom stereocenters. The highest BCUT2D eigenvalue weighted by atomic mass is 35.5. The molecule has 160 valence electrons. The molecule has 0 spiro atoms. The number of nitrogens with zero attached hydrogens (tertiary/aromatic N) is 1. The van der Waals surface area contributed by atoms with Crippen molar-refractivity contribution in [2.24, 2.45) is 5.92 Å². The van der Waals surface area contributed by atoms with Crippen LogP contribution in [-0.2, 0) is 23.9 Å². The van der Waals surface area contributed by atoms with Crippen molar-refractivity contribution in [1.29, 1.82) is 0 Å². The summed E-state index contributed by atoms with van der Waals surface area (Å²) in [6, 6.07) is 6.25. The van der Waals surface area contributed by atoms with Gasteiger partial charge in [0.15, 0.2) is 5.76 Å². The summed E-state index contributed by atoms with van der Waals surface area (Å²) in [5, 5.41) is 11.9. The SMILES string of the molecule is CC(NC(=O)C1CCN(C(=O)C=CC2=COC(c3ccccc3Cl)O2)CC1)C(=O)O. The van der Waals surface area contributed by atoms with Crippen LogP contribution in [-0.4, -0.2) is 46.9 Å². The minimum atomic E-state index is -1.08. The number of carboxylic acids is 1. The number of halogens is 1. The number of carbonyl (C=O) groups is 3. The standard InChI is InChI=1S/C21H23ClN2O6/c1-13(20(27)28)23-19(26)14-8-10-24(11-9-14)18(25)7-6-15-12-29-21(30-15)16-4-2-3-5-17(16)22/h2-7,12-14,21H,8-11H2,1H3,(H,23,26)(H,27,28). The third kappa shape index (κ3) is 5.33. The Morgan fingerprint density at radius 2 is 1.97 bits per heavy atom. The molecule has 30 heavy (non-hydrogen) atoms. The second-order valence-corrected chi connectivity index (χ2v) is 7.54. The number of allylic oxidation sites excluding steroid dienone is 1. The first kappa shape index (κ1) is 21.7. The molecule has 0 radical (unpaired) electrons. The van der Waals surface area contributed by atoms with Crippen LogP contribution in [0.3, 0.4) is 0 Å². The number of hydrogen-bond acceptors (Lipinski definition) is 5.